The first-order chi connectivity index (χ1) is 6.20. The van der Waals surface area contributed by atoms with Crippen molar-refractivity contribution in [3.63, 3.8) is 0 Å². The van der Waals surface area contributed by atoms with Gasteiger partial charge in [0.15, 0.2) is 0 Å². The second-order valence-corrected chi connectivity index (χ2v) is 3.72. The number of fused-ring (bicyclic) bond motifs is 1. The van der Waals surface area contributed by atoms with Crippen molar-refractivity contribution in [2.45, 2.75) is 19.8 Å². The highest BCUT2D eigenvalue weighted by molar-refractivity contribution is 5.80. The largest absolute Gasteiger partial charge is 0.347 e. The van der Waals surface area contributed by atoms with Crippen LogP contribution in [-0.4, -0.2) is 9.55 Å². The van der Waals surface area contributed by atoms with Crippen molar-refractivity contribution >= 4 is 10.9 Å². The third-order valence-electron chi connectivity index (χ3n) is 2.47. The second-order valence-electron chi connectivity index (χ2n) is 3.72. The molecule has 0 aliphatic heterocycles. The lowest BCUT2D eigenvalue weighted by molar-refractivity contribution is 0.755. The van der Waals surface area contributed by atoms with Crippen LogP contribution in [0.2, 0.25) is 0 Å². The van der Waals surface area contributed by atoms with Crippen LogP contribution in [0.15, 0.2) is 24.5 Å². The van der Waals surface area contributed by atoms with Gasteiger partial charge in [0.25, 0.3) is 0 Å². The number of aromatic nitrogens is 2. The van der Waals surface area contributed by atoms with Crippen LogP contribution >= 0.6 is 0 Å². The van der Waals surface area contributed by atoms with Crippen molar-refractivity contribution in [1.29, 1.82) is 0 Å². The zero-order valence-electron chi connectivity index (χ0n) is 8.28. The highest BCUT2D eigenvalue weighted by Gasteiger charge is 2.07. The van der Waals surface area contributed by atoms with Gasteiger partial charge < -0.3 is 4.57 Å². The summed E-state index contributed by atoms with van der Waals surface area (Å²) in [6, 6.07) is 4.27. The van der Waals surface area contributed by atoms with Gasteiger partial charge in [0.05, 0.1) is 5.52 Å². The maximum Gasteiger partial charge on any atom is 0.0511 e. The van der Waals surface area contributed by atoms with Crippen LogP contribution in [0.1, 0.15) is 25.5 Å². The minimum atomic E-state index is 0.567. The molecule has 0 aromatic carbocycles. The van der Waals surface area contributed by atoms with Gasteiger partial charge in [0.1, 0.15) is 0 Å². The summed E-state index contributed by atoms with van der Waals surface area (Å²) >= 11 is 0. The third kappa shape index (κ3) is 1.22. The first-order valence-electron chi connectivity index (χ1n) is 4.59. The molecule has 0 radical (unpaired) electrons. The number of hydrogen-bond acceptors (Lipinski definition) is 1. The molecule has 0 bridgehead atoms. The van der Waals surface area contributed by atoms with E-state index in [4.69, 9.17) is 0 Å². The van der Waals surface area contributed by atoms with Gasteiger partial charge in [-0.1, -0.05) is 13.8 Å². The quantitative estimate of drug-likeness (QED) is 0.650. The van der Waals surface area contributed by atoms with Crippen molar-refractivity contribution < 1.29 is 0 Å². The lowest BCUT2D eigenvalue weighted by atomic mass is 10.1. The molecule has 2 rings (SSSR count). The van der Waals surface area contributed by atoms with Gasteiger partial charge >= 0.3 is 0 Å². The van der Waals surface area contributed by atoms with E-state index in [-0.39, 0.29) is 0 Å². The van der Waals surface area contributed by atoms with E-state index >= 15 is 0 Å². The molecule has 0 atom stereocenters. The number of nitrogens with zero attached hydrogens (tertiary/aromatic N) is 2. The summed E-state index contributed by atoms with van der Waals surface area (Å²) in [6.45, 7) is 4.42. The fourth-order valence-corrected chi connectivity index (χ4v) is 1.77. The molecule has 0 amide bonds. The molecule has 0 unspecified atom stereocenters. The Bertz CT molecular complexity index is 427. The first kappa shape index (κ1) is 8.30. The summed E-state index contributed by atoms with van der Waals surface area (Å²) in [6.07, 6.45) is 3.76. The highest BCUT2D eigenvalue weighted by Crippen LogP contribution is 2.22. The molecule has 2 aromatic rings. The highest BCUT2D eigenvalue weighted by atomic mass is 15.0. The molecule has 2 heteroatoms. The SMILES string of the molecule is CC(C)c1cc2cnccc2n1C. The number of pyridine rings is 1. The Morgan fingerprint density at radius 3 is 2.77 bits per heavy atom. The molecule has 13 heavy (non-hydrogen) atoms. The van der Waals surface area contributed by atoms with Crippen LogP contribution in [0, 0.1) is 0 Å². The van der Waals surface area contributed by atoms with E-state index in [0.717, 1.165) is 0 Å². The monoisotopic (exact) mass is 174 g/mol. The Morgan fingerprint density at radius 1 is 1.38 bits per heavy atom. The predicted molar refractivity (Wildman–Crippen MR) is 54.8 cm³/mol. The molecule has 0 saturated carbocycles. The van der Waals surface area contributed by atoms with Gasteiger partial charge in [-0.15, -0.1) is 0 Å². The molecule has 68 valence electrons. The molecule has 0 saturated heterocycles. The van der Waals surface area contributed by atoms with E-state index in [1.54, 1.807) is 0 Å². The summed E-state index contributed by atoms with van der Waals surface area (Å²) in [5, 5.41) is 1.23. The van der Waals surface area contributed by atoms with Crippen LogP contribution in [-0.2, 0) is 7.05 Å². The summed E-state index contributed by atoms with van der Waals surface area (Å²) in [4.78, 5) is 4.11. The number of hydrogen-bond donors (Lipinski definition) is 0. The summed E-state index contributed by atoms with van der Waals surface area (Å²) in [7, 11) is 2.11. The van der Waals surface area contributed by atoms with E-state index in [2.05, 4.69) is 42.6 Å². The average Bonchev–Trinajstić information content (AvgIpc) is 2.45. The average molecular weight is 174 g/mol. The summed E-state index contributed by atoms with van der Waals surface area (Å²) in [5.41, 5.74) is 2.63. The normalized spacial score (nSPS) is 11.4. The van der Waals surface area contributed by atoms with Crippen LogP contribution in [0.5, 0.6) is 0 Å². The first-order valence-corrected chi connectivity index (χ1v) is 4.59. The molecule has 0 spiro atoms. The number of rotatable bonds is 1. The van der Waals surface area contributed by atoms with Crippen molar-refractivity contribution in [3.05, 3.63) is 30.2 Å². The standard InChI is InChI=1S/C11H14N2/c1-8(2)11-6-9-7-12-5-4-10(9)13(11)3/h4-8H,1-3H3. The van der Waals surface area contributed by atoms with Gasteiger partial charge in [0, 0.05) is 30.5 Å². The summed E-state index contributed by atoms with van der Waals surface area (Å²) < 4.78 is 2.24. The van der Waals surface area contributed by atoms with E-state index < -0.39 is 0 Å². The zero-order valence-corrected chi connectivity index (χ0v) is 8.28. The lowest BCUT2D eigenvalue weighted by Crippen LogP contribution is -1.97. The van der Waals surface area contributed by atoms with Crippen molar-refractivity contribution in [2.24, 2.45) is 7.05 Å². The fourth-order valence-electron chi connectivity index (χ4n) is 1.77. The van der Waals surface area contributed by atoms with Gasteiger partial charge in [0.2, 0.25) is 0 Å². The van der Waals surface area contributed by atoms with E-state index in [9.17, 15) is 0 Å². The molecular formula is C11H14N2. The number of aryl methyl sites for hydroxylation is 1. The Labute approximate surface area is 78.2 Å². The topological polar surface area (TPSA) is 17.8 Å². The van der Waals surface area contributed by atoms with E-state index in [0.29, 0.717) is 5.92 Å². The van der Waals surface area contributed by atoms with Gasteiger partial charge in [-0.2, -0.15) is 0 Å². The second kappa shape index (κ2) is 2.87. The maximum absolute atomic E-state index is 4.11. The Kier molecular flexibility index (Phi) is 1.83. The molecule has 0 fully saturated rings. The van der Waals surface area contributed by atoms with Gasteiger partial charge in [-0.05, 0) is 18.1 Å². The molecule has 2 heterocycles. The fraction of sp³-hybridized carbons (Fsp3) is 0.364. The third-order valence-corrected chi connectivity index (χ3v) is 2.47. The minimum absolute atomic E-state index is 0.567. The van der Waals surface area contributed by atoms with Crippen LogP contribution in [0.25, 0.3) is 10.9 Å². The van der Waals surface area contributed by atoms with Crippen molar-refractivity contribution in [2.75, 3.05) is 0 Å². The van der Waals surface area contributed by atoms with Crippen molar-refractivity contribution in [3.8, 4) is 0 Å². The van der Waals surface area contributed by atoms with Crippen molar-refractivity contribution in [1.82, 2.24) is 9.55 Å². The van der Waals surface area contributed by atoms with Gasteiger partial charge in [-0.3, -0.25) is 4.98 Å². The molecule has 0 N–H and O–H groups in total. The molecule has 0 aliphatic carbocycles. The van der Waals surface area contributed by atoms with Crippen LogP contribution < -0.4 is 0 Å². The lowest BCUT2D eigenvalue weighted by Gasteiger charge is -2.06. The van der Waals surface area contributed by atoms with Crippen LogP contribution in [0.3, 0.4) is 0 Å². The summed E-state index contributed by atoms with van der Waals surface area (Å²) in [5.74, 6) is 0.567. The Hall–Kier alpha value is -1.31. The molecule has 2 aromatic heterocycles. The Balaban J connectivity index is 2.74. The predicted octanol–water partition coefficient (Wildman–Crippen LogP) is 2.70. The maximum atomic E-state index is 4.11. The van der Waals surface area contributed by atoms with E-state index in [1.165, 1.54) is 16.6 Å². The molecule has 0 aliphatic rings. The van der Waals surface area contributed by atoms with Gasteiger partial charge in [-0.25, -0.2) is 0 Å². The zero-order chi connectivity index (χ0) is 9.42. The minimum Gasteiger partial charge on any atom is -0.347 e. The Morgan fingerprint density at radius 2 is 2.15 bits per heavy atom. The molecular weight excluding hydrogens is 160 g/mol. The smallest absolute Gasteiger partial charge is 0.0511 e. The van der Waals surface area contributed by atoms with E-state index in [1.807, 2.05) is 12.4 Å². The van der Waals surface area contributed by atoms with Crippen LogP contribution in [0.4, 0.5) is 0 Å². The molecule has 2 nitrogen and oxygen atoms in total.